The number of aromatic nitrogens is 6. The molecule has 0 amide bonds. The van der Waals surface area contributed by atoms with Gasteiger partial charge < -0.3 is 0 Å². The van der Waals surface area contributed by atoms with Crippen LogP contribution in [0.25, 0.3) is 33.5 Å². The van der Waals surface area contributed by atoms with Crippen LogP contribution in [0, 0.1) is 28.6 Å². The molecule has 1 aliphatic rings. The largest absolute Gasteiger partial charge is 0.285 e. The zero-order chi connectivity index (χ0) is 20.6. The third-order valence-corrected chi connectivity index (χ3v) is 5.84. The Hall–Kier alpha value is -4.04. The molecule has 0 radical (unpaired) electrons. The molecule has 0 bridgehead atoms. The van der Waals surface area contributed by atoms with Crippen LogP contribution in [-0.2, 0) is 5.54 Å². The molecular weight excluding hydrogens is 376 g/mol. The number of nitrogens with zero attached hydrogens (tertiary/aromatic N) is 7. The minimum Gasteiger partial charge on any atom is -0.285 e. The van der Waals surface area contributed by atoms with E-state index in [1.807, 2.05) is 35.1 Å². The second kappa shape index (κ2) is 7.09. The summed E-state index contributed by atoms with van der Waals surface area (Å²) in [4.78, 5) is 9.36. The normalized spacial score (nSPS) is 20.4. The highest BCUT2D eigenvalue weighted by molar-refractivity contribution is 5.93. The van der Waals surface area contributed by atoms with E-state index < -0.39 is 0 Å². The summed E-state index contributed by atoms with van der Waals surface area (Å²) in [7, 11) is 0. The maximum atomic E-state index is 9.37. The fraction of sp³-hybridized carbons (Fsp3) is 0.273. The number of hydrogen-bond acceptors (Lipinski definition) is 6. The Labute approximate surface area is 172 Å². The number of rotatable bonds is 5. The second-order valence-electron chi connectivity index (χ2n) is 7.75. The maximum Gasteiger partial charge on any atom is 0.111 e. The fourth-order valence-corrected chi connectivity index (χ4v) is 4.37. The molecule has 0 unspecified atom stereocenters. The fourth-order valence-electron chi connectivity index (χ4n) is 4.37. The molecule has 0 atom stereocenters. The number of hydrogen-bond donors (Lipinski definition) is 1. The van der Waals surface area contributed by atoms with Crippen LogP contribution in [0.3, 0.4) is 0 Å². The second-order valence-corrected chi connectivity index (χ2v) is 7.75. The third kappa shape index (κ3) is 2.90. The van der Waals surface area contributed by atoms with Crippen LogP contribution in [0.15, 0.2) is 49.1 Å². The predicted molar refractivity (Wildman–Crippen MR) is 109 cm³/mol. The zero-order valence-corrected chi connectivity index (χ0v) is 16.2. The first kappa shape index (κ1) is 18.0. The number of aromatic amines is 1. The van der Waals surface area contributed by atoms with Crippen LogP contribution < -0.4 is 0 Å². The van der Waals surface area contributed by atoms with Gasteiger partial charge in [-0.2, -0.15) is 20.7 Å². The van der Waals surface area contributed by atoms with Crippen molar-refractivity contribution in [2.45, 2.75) is 31.2 Å². The Morgan fingerprint density at radius 3 is 2.87 bits per heavy atom. The molecule has 1 fully saturated rings. The molecule has 1 aliphatic carbocycles. The smallest absolute Gasteiger partial charge is 0.111 e. The van der Waals surface area contributed by atoms with Gasteiger partial charge in [-0.25, -0.2) is 4.98 Å². The molecule has 0 spiro atoms. The lowest BCUT2D eigenvalue weighted by molar-refractivity contribution is 0.0601. The minimum atomic E-state index is -0.343. The van der Waals surface area contributed by atoms with Crippen molar-refractivity contribution < 1.29 is 0 Å². The number of fused-ring (bicyclic) bond motifs is 1. The zero-order valence-electron chi connectivity index (χ0n) is 16.2. The lowest BCUT2D eigenvalue weighted by atomic mass is 9.66. The topological polar surface area (TPSA) is 120 Å². The van der Waals surface area contributed by atoms with Gasteiger partial charge in [0.25, 0.3) is 0 Å². The van der Waals surface area contributed by atoms with Gasteiger partial charge in [0.2, 0.25) is 0 Å². The van der Waals surface area contributed by atoms with Crippen LogP contribution in [0.1, 0.15) is 25.7 Å². The van der Waals surface area contributed by atoms with E-state index in [-0.39, 0.29) is 5.54 Å². The van der Waals surface area contributed by atoms with Gasteiger partial charge in [-0.05, 0) is 43.0 Å². The van der Waals surface area contributed by atoms with Crippen molar-refractivity contribution in [1.29, 1.82) is 10.5 Å². The lowest BCUT2D eigenvalue weighted by Gasteiger charge is -2.46. The van der Waals surface area contributed by atoms with E-state index in [9.17, 15) is 5.26 Å². The Kier molecular flexibility index (Phi) is 4.26. The molecule has 5 rings (SSSR count). The molecule has 0 aromatic carbocycles. The van der Waals surface area contributed by atoms with Crippen molar-refractivity contribution in [2.75, 3.05) is 0 Å². The molecule has 4 aromatic heterocycles. The summed E-state index contributed by atoms with van der Waals surface area (Å²) in [5.41, 5.74) is 3.62. The maximum absolute atomic E-state index is 9.37. The Morgan fingerprint density at radius 2 is 2.10 bits per heavy atom. The van der Waals surface area contributed by atoms with Gasteiger partial charge in [0.1, 0.15) is 11.4 Å². The summed E-state index contributed by atoms with van der Waals surface area (Å²) in [5, 5.41) is 30.9. The average Bonchev–Trinajstić information content (AvgIpc) is 3.44. The monoisotopic (exact) mass is 394 g/mol. The minimum absolute atomic E-state index is 0.323. The van der Waals surface area contributed by atoms with E-state index in [0.29, 0.717) is 18.8 Å². The van der Waals surface area contributed by atoms with Crippen LogP contribution >= 0.6 is 0 Å². The first-order valence-corrected chi connectivity index (χ1v) is 9.78. The highest BCUT2D eigenvalue weighted by Gasteiger charge is 2.46. The molecule has 0 saturated heterocycles. The SMILES string of the molecule is N#CCC1CC(CC#N)(n2ccc(-c3nc(-c4cn[nH]c4)cc4ncccc34)n2)C1. The van der Waals surface area contributed by atoms with Crippen molar-refractivity contribution in [3.63, 3.8) is 0 Å². The van der Waals surface area contributed by atoms with Gasteiger partial charge in [-0.15, -0.1) is 0 Å². The first-order chi connectivity index (χ1) is 14.7. The summed E-state index contributed by atoms with van der Waals surface area (Å²) in [6.45, 7) is 0. The molecule has 30 heavy (non-hydrogen) atoms. The summed E-state index contributed by atoms with van der Waals surface area (Å²) in [6, 6.07) is 12.3. The Bertz CT molecular complexity index is 1280. The molecule has 8 nitrogen and oxygen atoms in total. The van der Waals surface area contributed by atoms with Crippen LogP contribution in [0.5, 0.6) is 0 Å². The number of pyridine rings is 2. The van der Waals surface area contributed by atoms with Crippen molar-refractivity contribution in [3.05, 3.63) is 49.1 Å². The van der Waals surface area contributed by atoms with Crippen LogP contribution in [0.4, 0.5) is 0 Å². The molecule has 1 N–H and O–H groups in total. The van der Waals surface area contributed by atoms with Crippen molar-refractivity contribution in [2.24, 2.45) is 5.92 Å². The average molecular weight is 394 g/mol. The highest BCUT2D eigenvalue weighted by Crippen LogP contribution is 2.47. The third-order valence-electron chi connectivity index (χ3n) is 5.84. The first-order valence-electron chi connectivity index (χ1n) is 9.78. The van der Waals surface area contributed by atoms with E-state index in [4.69, 9.17) is 15.3 Å². The summed E-state index contributed by atoms with van der Waals surface area (Å²) in [5.74, 6) is 0.323. The van der Waals surface area contributed by atoms with Gasteiger partial charge in [0.05, 0.1) is 41.5 Å². The van der Waals surface area contributed by atoms with Crippen LogP contribution in [0.2, 0.25) is 0 Å². The van der Waals surface area contributed by atoms with E-state index in [0.717, 1.165) is 46.4 Å². The molecular formula is C22H18N8. The predicted octanol–water partition coefficient (Wildman–Crippen LogP) is 3.82. The molecule has 4 aromatic rings. The number of nitriles is 2. The number of H-pyrrole nitrogens is 1. The molecule has 0 aliphatic heterocycles. The molecule has 4 heterocycles. The molecule has 146 valence electrons. The van der Waals surface area contributed by atoms with E-state index in [1.165, 1.54) is 0 Å². The summed E-state index contributed by atoms with van der Waals surface area (Å²) >= 11 is 0. The highest BCUT2D eigenvalue weighted by atomic mass is 15.3. The van der Waals surface area contributed by atoms with E-state index in [2.05, 4.69) is 27.3 Å². The summed E-state index contributed by atoms with van der Waals surface area (Å²) < 4.78 is 1.90. The molecule has 8 heteroatoms. The standard InChI is InChI=1S/C22H18N8/c23-6-3-15-11-22(12-15,5-7-24)30-9-4-18(29-30)21-17-2-1-8-25-20(17)10-19(28-21)16-13-26-27-14-16/h1-2,4,8-10,13-15H,3,5,11-12H2,(H,26,27). The van der Waals surface area contributed by atoms with Crippen molar-refractivity contribution >= 4 is 10.9 Å². The van der Waals surface area contributed by atoms with E-state index >= 15 is 0 Å². The van der Waals surface area contributed by atoms with E-state index in [1.54, 1.807) is 18.6 Å². The van der Waals surface area contributed by atoms with Gasteiger partial charge in [0.15, 0.2) is 0 Å². The Morgan fingerprint density at radius 1 is 1.20 bits per heavy atom. The van der Waals surface area contributed by atoms with Gasteiger partial charge in [-0.3, -0.25) is 14.8 Å². The summed E-state index contributed by atoms with van der Waals surface area (Å²) in [6.07, 6.45) is 9.68. The van der Waals surface area contributed by atoms with Gasteiger partial charge >= 0.3 is 0 Å². The van der Waals surface area contributed by atoms with Gasteiger partial charge in [-0.1, -0.05) is 0 Å². The lowest BCUT2D eigenvalue weighted by Crippen LogP contribution is -2.46. The molecule has 1 saturated carbocycles. The number of nitrogens with one attached hydrogen (secondary N) is 1. The Balaban J connectivity index is 1.58. The van der Waals surface area contributed by atoms with Crippen molar-refractivity contribution in [1.82, 2.24) is 29.9 Å². The quantitative estimate of drug-likeness (QED) is 0.549. The van der Waals surface area contributed by atoms with Crippen molar-refractivity contribution in [3.8, 4) is 34.8 Å². The van der Waals surface area contributed by atoms with Crippen LogP contribution in [-0.4, -0.2) is 29.9 Å². The van der Waals surface area contributed by atoms with Gasteiger partial charge in [0, 0.05) is 36.0 Å².